The molecule has 0 unspecified atom stereocenters. The standard InChI is InChI=1S/C21H24N6O3/c1-12-9-14(30-2)3-4-15(12)19(22)26-21(29)16-11-24-27-17(10-18(28)25-20(16)27)13-5-7-23-8-6-13/h3-4,9-11,13,23H,5-8H2,1-2H3,(H,25,28)(H2,22,26,29)/p+1. The number of rotatable bonds is 4. The number of ether oxygens (including phenoxy) is 1. The first kappa shape index (κ1) is 19.8. The van der Waals surface area contributed by atoms with Crippen LogP contribution in [0.15, 0.2) is 40.2 Å². The van der Waals surface area contributed by atoms with Gasteiger partial charge in [0.15, 0.2) is 17.0 Å². The van der Waals surface area contributed by atoms with Crippen LogP contribution in [-0.2, 0) is 0 Å². The van der Waals surface area contributed by atoms with E-state index in [0.717, 1.165) is 37.2 Å². The topological polar surface area (TPSA) is 131 Å². The number of hydrogen-bond donors (Lipinski definition) is 3. The fourth-order valence-corrected chi connectivity index (χ4v) is 3.86. The summed E-state index contributed by atoms with van der Waals surface area (Å²) in [6, 6.07) is 6.92. The van der Waals surface area contributed by atoms with E-state index in [9.17, 15) is 4.79 Å². The molecule has 1 saturated heterocycles. The number of aromatic amines is 1. The van der Waals surface area contributed by atoms with Crippen molar-refractivity contribution >= 4 is 17.4 Å². The fourth-order valence-electron chi connectivity index (χ4n) is 3.86. The van der Waals surface area contributed by atoms with Crippen LogP contribution < -0.4 is 15.6 Å². The van der Waals surface area contributed by atoms with Gasteiger partial charge in [0.1, 0.15) is 5.75 Å². The molecule has 2 aromatic heterocycles. The average molecular weight is 409 g/mol. The summed E-state index contributed by atoms with van der Waals surface area (Å²) in [5.74, 6) is 0.777. The Morgan fingerprint density at radius 3 is 2.77 bits per heavy atom. The van der Waals surface area contributed by atoms with Gasteiger partial charge in [-0.3, -0.25) is 10.2 Å². The SMILES string of the molecule is COc1ccc(C(=N)N=C([OH2+])c2cnn3c(C4CCNCC4)cc(=O)[nH]c23)c(C)c1. The van der Waals surface area contributed by atoms with Crippen LogP contribution in [0.2, 0.25) is 0 Å². The number of methoxy groups -OCH3 is 1. The van der Waals surface area contributed by atoms with E-state index in [-0.39, 0.29) is 23.2 Å². The zero-order chi connectivity index (χ0) is 21.3. The van der Waals surface area contributed by atoms with Crippen molar-refractivity contribution in [2.45, 2.75) is 25.7 Å². The molecule has 9 heteroatoms. The van der Waals surface area contributed by atoms with Crippen molar-refractivity contribution in [1.82, 2.24) is 19.9 Å². The predicted octanol–water partition coefficient (Wildman–Crippen LogP) is 1.30. The molecule has 156 valence electrons. The number of piperidine rings is 1. The highest BCUT2D eigenvalue weighted by Gasteiger charge is 2.23. The lowest BCUT2D eigenvalue weighted by Crippen LogP contribution is -2.28. The molecule has 0 aliphatic carbocycles. The molecule has 1 aliphatic rings. The van der Waals surface area contributed by atoms with Crippen molar-refractivity contribution in [2.24, 2.45) is 4.99 Å². The first-order valence-electron chi connectivity index (χ1n) is 9.84. The third-order valence-electron chi connectivity index (χ3n) is 5.46. The molecule has 5 N–H and O–H groups in total. The molecule has 3 aromatic rings. The van der Waals surface area contributed by atoms with Crippen molar-refractivity contribution < 1.29 is 9.84 Å². The third kappa shape index (κ3) is 3.71. The van der Waals surface area contributed by atoms with Gasteiger partial charge < -0.3 is 20.1 Å². The maximum Gasteiger partial charge on any atom is 0.371 e. The van der Waals surface area contributed by atoms with Crippen molar-refractivity contribution in [1.29, 1.82) is 5.41 Å². The lowest BCUT2D eigenvalue weighted by molar-refractivity contribution is 0.414. The van der Waals surface area contributed by atoms with Gasteiger partial charge in [-0.1, -0.05) is 0 Å². The number of hydrogen-bond acceptors (Lipinski definition) is 5. The Labute approximate surface area is 172 Å². The maximum atomic E-state index is 12.3. The number of benzene rings is 1. The van der Waals surface area contributed by atoms with E-state index in [2.05, 4.69) is 20.4 Å². The lowest BCUT2D eigenvalue weighted by Gasteiger charge is -2.23. The number of nitrogens with one attached hydrogen (secondary N) is 3. The highest BCUT2D eigenvalue weighted by atomic mass is 16.5. The number of fused-ring (bicyclic) bond motifs is 1. The van der Waals surface area contributed by atoms with Crippen LogP contribution in [0.25, 0.3) is 5.65 Å². The van der Waals surface area contributed by atoms with E-state index >= 15 is 0 Å². The second kappa shape index (κ2) is 8.11. The molecule has 30 heavy (non-hydrogen) atoms. The molecule has 0 amide bonds. The molecule has 3 heterocycles. The molecule has 0 atom stereocenters. The molecule has 0 radical (unpaired) electrons. The van der Waals surface area contributed by atoms with E-state index in [1.807, 2.05) is 13.0 Å². The molecule has 9 nitrogen and oxygen atoms in total. The Bertz CT molecular complexity index is 1190. The minimum atomic E-state index is -0.230. The first-order chi connectivity index (χ1) is 14.5. The predicted molar refractivity (Wildman–Crippen MR) is 115 cm³/mol. The van der Waals surface area contributed by atoms with Crippen molar-refractivity contribution in [3.05, 3.63) is 63.2 Å². The van der Waals surface area contributed by atoms with Crippen LogP contribution in [-0.4, -0.2) is 51.6 Å². The van der Waals surface area contributed by atoms with E-state index in [4.69, 9.17) is 15.3 Å². The van der Waals surface area contributed by atoms with E-state index in [1.54, 1.807) is 29.8 Å². The molecule has 0 saturated carbocycles. The summed E-state index contributed by atoms with van der Waals surface area (Å²) in [7, 11) is 1.59. The molecular formula is C21H25N6O3+. The van der Waals surface area contributed by atoms with Crippen LogP contribution in [0.1, 0.15) is 41.1 Å². The molecule has 1 aromatic carbocycles. The summed E-state index contributed by atoms with van der Waals surface area (Å²) in [5, 5.41) is 24.5. The van der Waals surface area contributed by atoms with Crippen LogP contribution >= 0.6 is 0 Å². The van der Waals surface area contributed by atoms with Gasteiger partial charge in [0, 0.05) is 17.5 Å². The number of amidine groups is 1. The molecule has 1 aliphatic heterocycles. The second-order valence-electron chi connectivity index (χ2n) is 7.39. The van der Waals surface area contributed by atoms with Crippen LogP contribution in [0, 0.1) is 12.3 Å². The Hall–Kier alpha value is -3.46. The summed E-state index contributed by atoms with van der Waals surface area (Å²) in [5.41, 5.74) is 2.88. The van der Waals surface area contributed by atoms with E-state index in [1.165, 1.54) is 6.20 Å². The molecule has 1 fully saturated rings. The van der Waals surface area contributed by atoms with Gasteiger partial charge in [-0.25, -0.2) is 4.52 Å². The van der Waals surface area contributed by atoms with E-state index < -0.39 is 0 Å². The summed E-state index contributed by atoms with van der Waals surface area (Å²) in [6.45, 7) is 3.66. The number of H-pyrrole nitrogens is 1. The molecule has 0 bridgehead atoms. The Kier molecular flexibility index (Phi) is 5.37. The number of nitrogens with zero attached hydrogens (tertiary/aromatic N) is 3. The number of aromatic nitrogens is 3. The highest BCUT2D eigenvalue weighted by molar-refractivity contribution is 6.09. The largest absolute Gasteiger partial charge is 0.578 e. The highest BCUT2D eigenvalue weighted by Crippen LogP contribution is 2.25. The lowest BCUT2D eigenvalue weighted by atomic mass is 9.94. The minimum absolute atomic E-state index is 0.0311. The fraction of sp³-hybridized carbons (Fsp3) is 0.333. The third-order valence-corrected chi connectivity index (χ3v) is 5.46. The number of aliphatic imine (C=N–C) groups is 1. The van der Waals surface area contributed by atoms with Gasteiger partial charge in [-0.05, 0) is 56.6 Å². The van der Waals surface area contributed by atoms with Crippen LogP contribution in [0.3, 0.4) is 0 Å². The van der Waals surface area contributed by atoms with Crippen molar-refractivity contribution in [3.63, 3.8) is 0 Å². The summed E-state index contributed by atoms with van der Waals surface area (Å²) in [4.78, 5) is 19.2. The van der Waals surface area contributed by atoms with Gasteiger partial charge >= 0.3 is 5.90 Å². The first-order valence-corrected chi connectivity index (χ1v) is 9.84. The summed E-state index contributed by atoms with van der Waals surface area (Å²) < 4.78 is 6.89. The zero-order valence-electron chi connectivity index (χ0n) is 17.0. The van der Waals surface area contributed by atoms with Gasteiger partial charge in [-0.15, -0.1) is 4.99 Å². The normalized spacial score (nSPS) is 15.5. The van der Waals surface area contributed by atoms with Gasteiger partial charge in [0.25, 0.3) is 5.56 Å². The Morgan fingerprint density at radius 1 is 1.30 bits per heavy atom. The quantitative estimate of drug-likeness (QED) is 0.341. The maximum absolute atomic E-state index is 12.3. The smallest absolute Gasteiger partial charge is 0.371 e. The van der Waals surface area contributed by atoms with Gasteiger partial charge in [-0.2, -0.15) is 5.10 Å². The summed E-state index contributed by atoms with van der Waals surface area (Å²) >= 11 is 0. The van der Waals surface area contributed by atoms with E-state index in [0.29, 0.717) is 22.5 Å². The van der Waals surface area contributed by atoms with Crippen molar-refractivity contribution in [2.75, 3.05) is 20.2 Å². The zero-order valence-corrected chi connectivity index (χ0v) is 17.0. The molecular weight excluding hydrogens is 384 g/mol. The van der Waals surface area contributed by atoms with Gasteiger partial charge in [0.2, 0.25) is 0 Å². The average Bonchev–Trinajstić information content (AvgIpc) is 3.17. The van der Waals surface area contributed by atoms with Gasteiger partial charge in [0.05, 0.1) is 19.0 Å². The molecule has 0 spiro atoms. The van der Waals surface area contributed by atoms with Crippen LogP contribution in [0.4, 0.5) is 0 Å². The molecule has 4 rings (SSSR count). The number of aryl methyl sites for hydroxylation is 1. The second-order valence-corrected chi connectivity index (χ2v) is 7.39. The summed E-state index contributed by atoms with van der Waals surface area (Å²) in [6.07, 6.45) is 3.38. The minimum Gasteiger partial charge on any atom is -0.578 e. The monoisotopic (exact) mass is 409 g/mol. The Morgan fingerprint density at radius 2 is 2.07 bits per heavy atom. The van der Waals surface area contributed by atoms with Crippen LogP contribution in [0.5, 0.6) is 5.75 Å². The van der Waals surface area contributed by atoms with Crippen molar-refractivity contribution in [3.8, 4) is 5.75 Å². The Balaban J connectivity index is 1.71.